The third kappa shape index (κ3) is 5.56. The summed E-state index contributed by atoms with van der Waals surface area (Å²) in [6, 6.07) is 1.72. The van der Waals surface area contributed by atoms with Crippen molar-refractivity contribution in [2.45, 2.75) is 39.2 Å². The third-order valence-corrected chi connectivity index (χ3v) is 2.75. The fourth-order valence-electron chi connectivity index (χ4n) is 1.86. The third-order valence-electron chi connectivity index (χ3n) is 2.75. The molecule has 0 amide bonds. The van der Waals surface area contributed by atoms with Crippen molar-refractivity contribution in [2.24, 2.45) is 0 Å². The van der Waals surface area contributed by atoms with Crippen LogP contribution in [0.2, 0.25) is 0 Å². The molecule has 1 heterocycles. The summed E-state index contributed by atoms with van der Waals surface area (Å²) in [5, 5.41) is 3.43. The van der Waals surface area contributed by atoms with E-state index in [9.17, 15) is 4.39 Å². The summed E-state index contributed by atoms with van der Waals surface area (Å²) in [7, 11) is 0. The molecule has 18 heavy (non-hydrogen) atoms. The van der Waals surface area contributed by atoms with Gasteiger partial charge in [0.1, 0.15) is 5.82 Å². The number of halogens is 1. The van der Waals surface area contributed by atoms with Crippen molar-refractivity contribution in [2.75, 3.05) is 19.8 Å². The molecule has 1 N–H and O–H groups in total. The van der Waals surface area contributed by atoms with Crippen LogP contribution in [0, 0.1) is 5.82 Å². The van der Waals surface area contributed by atoms with Crippen LogP contribution in [0.25, 0.3) is 0 Å². The van der Waals surface area contributed by atoms with E-state index in [2.05, 4.69) is 17.2 Å². The number of pyridine rings is 1. The molecule has 1 aromatic rings. The minimum Gasteiger partial charge on any atom is -0.382 e. The first-order valence-electron chi connectivity index (χ1n) is 6.69. The number of hydrogen-bond acceptors (Lipinski definition) is 3. The van der Waals surface area contributed by atoms with E-state index in [0.29, 0.717) is 0 Å². The molecule has 1 rings (SSSR count). The predicted molar refractivity (Wildman–Crippen MR) is 71.0 cm³/mol. The highest BCUT2D eigenvalue weighted by Gasteiger charge is 2.11. The summed E-state index contributed by atoms with van der Waals surface area (Å²) in [5.41, 5.74) is 0.917. The average Bonchev–Trinajstić information content (AvgIpc) is 2.38. The van der Waals surface area contributed by atoms with E-state index in [-0.39, 0.29) is 11.9 Å². The molecule has 3 nitrogen and oxygen atoms in total. The highest BCUT2D eigenvalue weighted by Crippen LogP contribution is 2.18. The molecule has 0 aromatic carbocycles. The SMILES string of the molecule is CCCNC(CCCOCC)c1cncc(F)c1. The first-order valence-corrected chi connectivity index (χ1v) is 6.69. The first-order chi connectivity index (χ1) is 8.77. The van der Waals surface area contributed by atoms with E-state index in [1.54, 1.807) is 12.3 Å². The lowest BCUT2D eigenvalue weighted by atomic mass is 10.0. The zero-order chi connectivity index (χ0) is 13.2. The van der Waals surface area contributed by atoms with Gasteiger partial charge in [-0.3, -0.25) is 4.98 Å². The monoisotopic (exact) mass is 254 g/mol. The molecule has 0 spiro atoms. The van der Waals surface area contributed by atoms with Gasteiger partial charge in [0.15, 0.2) is 0 Å². The van der Waals surface area contributed by atoms with Crippen LogP contribution in [-0.4, -0.2) is 24.7 Å². The lowest BCUT2D eigenvalue weighted by Gasteiger charge is -2.18. The van der Waals surface area contributed by atoms with Crippen molar-refractivity contribution < 1.29 is 9.13 Å². The summed E-state index contributed by atoms with van der Waals surface area (Å²) in [6.07, 6.45) is 5.93. The molecule has 0 fully saturated rings. The minimum atomic E-state index is -0.277. The van der Waals surface area contributed by atoms with E-state index in [1.165, 1.54) is 6.20 Å². The number of rotatable bonds is 9. The van der Waals surface area contributed by atoms with E-state index in [0.717, 1.165) is 44.6 Å². The standard InChI is InChI=1S/C14H23FN2O/c1-3-7-17-14(6-5-8-18-4-2)12-9-13(15)11-16-10-12/h9-11,14,17H,3-8H2,1-2H3. The number of ether oxygens (including phenoxy) is 1. The Morgan fingerprint density at radius 2 is 2.22 bits per heavy atom. The topological polar surface area (TPSA) is 34.1 Å². The van der Waals surface area contributed by atoms with Crippen LogP contribution < -0.4 is 5.32 Å². The van der Waals surface area contributed by atoms with E-state index in [4.69, 9.17) is 4.74 Å². The van der Waals surface area contributed by atoms with E-state index in [1.807, 2.05) is 6.92 Å². The first kappa shape index (κ1) is 15.1. The van der Waals surface area contributed by atoms with Crippen molar-refractivity contribution >= 4 is 0 Å². The number of nitrogens with one attached hydrogen (secondary N) is 1. The molecule has 0 radical (unpaired) electrons. The van der Waals surface area contributed by atoms with Gasteiger partial charge in [-0.1, -0.05) is 6.92 Å². The maximum Gasteiger partial charge on any atom is 0.141 e. The second kappa shape index (κ2) is 9.00. The van der Waals surface area contributed by atoms with Crippen molar-refractivity contribution in [3.8, 4) is 0 Å². The van der Waals surface area contributed by atoms with Gasteiger partial charge in [-0.15, -0.1) is 0 Å². The predicted octanol–water partition coefficient (Wildman–Crippen LogP) is 3.08. The molecule has 0 saturated carbocycles. The van der Waals surface area contributed by atoms with Crippen molar-refractivity contribution in [1.82, 2.24) is 10.3 Å². The fourth-order valence-corrected chi connectivity index (χ4v) is 1.86. The number of hydrogen-bond donors (Lipinski definition) is 1. The summed E-state index contributed by atoms with van der Waals surface area (Å²) in [6.45, 7) is 6.53. The van der Waals surface area contributed by atoms with Gasteiger partial charge in [0.05, 0.1) is 6.20 Å². The van der Waals surface area contributed by atoms with Crippen molar-refractivity contribution in [1.29, 1.82) is 0 Å². The van der Waals surface area contributed by atoms with Gasteiger partial charge in [-0.25, -0.2) is 4.39 Å². The number of nitrogens with zero attached hydrogens (tertiary/aromatic N) is 1. The van der Waals surface area contributed by atoms with Gasteiger partial charge >= 0.3 is 0 Å². The van der Waals surface area contributed by atoms with Crippen LogP contribution in [0.4, 0.5) is 4.39 Å². The van der Waals surface area contributed by atoms with Gasteiger partial charge in [0.2, 0.25) is 0 Å². The molecule has 102 valence electrons. The second-order valence-electron chi connectivity index (χ2n) is 4.28. The molecule has 0 aliphatic rings. The molecule has 1 aromatic heterocycles. The Hall–Kier alpha value is -1.00. The van der Waals surface area contributed by atoms with Crippen molar-refractivity contribution in [3.05, 3.63) is 29.8 Å². The van der Waals surface area contributed by atoms with Crippen LogP contribution in [0.15, 0.2) is 18.5 Å². The van der Waals surface area contributed by atoms with Gasteiger partial charge in [0.25, 0.3) is 0 Å². The Kier molecular flexibility index (Phi) is 7.53. The molecule has 0 aliphatic carbocycles. The summed E-state index contributed by atoms with van der Waals surface area (Å²) >= 11 is 0. The van der Waals surface area contributed by atoms with Crippen LogP contribution in [0.1, 0.15) is 44.7 Å². The molecule has 0 bridgehead atoms. The average molecular weight is 254 g/mol. The molecule has 0 saturated heterocycles. The Labute approximate surface area is 109 Å². The van der Waals surface area contributed by atoms with Gasteiger partial charge in [-0.2, -0.15) is 0 Å². The van der Waals surface area contributed by atoms with Gasteiger partial charge in [0, 0.05) is 25.5 Å². The summed E-state index contributed by atoms with van der Waals surface area (Å²) in [5.74, 6) is -0.277. The zero-order valence-electron chi connectivity index (χ0n) is 11.3. The van der Waals surface area contributed by atoms with E-state index < -0.39 is 0 Å². The van der Waals surface area contributed by atoms with Crippen LogP contribution in [0.3, 0.4) is 0 Å². The van der Waals surface area contributed by atoms with Gasteiger partial charge in [-0.05, 0) is 44.4 Å². The fraction of sp³-hybridized carbons (Fsp3) is 0.643. The van der Waals surface area contributed by atoms with Crippen LogP contribution in [0.5, 0.6) is 0 Å². The second-order valence-corrected chi connectivity index (χ2v) is 4.28. The van der Waals surface area contributed by atoms with Crippen molar-refractivity contribution in [3.63, 3.8) is 0 Å². The molecule has 0 aliphatic heterocycles. The highest BCUT2D eigenvalue weighted by atomic mass is 19.1. The normalized spacial score (nSPS) is 12.6. The zero-order valence-corrected chi connectivity index (χ0v) is 11.3. The highest BCUT2D eigenvalue weighted by molar-refractivity contribution is 5.15. The molecular formula is C14H23FN2O. The van der Waals surface area contributed by atoms with Crippen LogP contribution >= 0.6 is 0 Å². The number of aromatic nitrogens is 1. The molecule has 1 atom stereocenters. The lowest BCUT2D eigenvalue weighted by molar-refractivity contribution is 0.141. The van der Waals surface area contributed by atoms with Crippen LogP contribution in [-0.2, 0) is 4.74 Å². The quantitative estimate of drug-likeness (QED) is 0.688. The summed E-state index contributed by atoms with van der Waals surface area (Å²) in [4.78, 5) is 3.91. The lowest BCUT2D eigenvalue weighted by Crippen LogP contribution is -2.22. The Bertz CT molecular complexity index is 333. The van der Waals surface area contributed by atoms with E-state index >= 15 is 0 Å². The molecular weight excluding hydrogens is 231 g/mol. The largest absolute Gasteiger partial charge is 0.382 e. The summed E-state index contributed by atoms with van der Waals surface area (Å²) < 4.78 is 18.5. The van der Waals surface area contributed by atoms with Gasteiger partial charge < -0.3 is 10.1 Å². The smallest absolute Gasteiger partial charge is 0.141 e. The minimum absolute atomic E-state index is 0.161. The maximum atomic E-state index is 13.2. The Morgan fingerprint density at radius 1 is 1.39 bits per heavy atom. The molecule has 4 heteroatoms. The maximum absolute atomic E-state index is 13.2. The molecule has 1 unspecified atom stereocenters. The Balaban J connectivity index is 2.54. The Morgan fingerprint density at radius 3 is 2.89 bits per heavy atom.